The van der Waals surface area contributed by atoms with Crippen LogP contribution >= 0.6 is 12.2 Å². The van der Waals surface area contributed by atoms with Crippen LogP contribution in [0.3, 0.4) is 0 Å². The normalized spacial score (nSPS) is 10.2. The van der Waals surface area contributed by atoms with Crippen LogP contribution in [0.5, 0.6) is 5.75 Å². The number of thiocarbonyl (C=S) groups is 1. The van der Waals surface area contributed by atoms with Crippen molar-refractivity contribution in [3.63, 3.8) is 0 Å². The Balaban J connectivity index is 2.03. The van der Waals surface area contributed by atoms with E-state index in [-0.39, 0.29) is 0 Å². The molecule has 0 saturated heterocycles. The van der Waals surface area contributed by atoms with E-state index < -0.39 is 0 Å². The minimum absolute atomic E-state index is 0.642. The quantitative estimate of drug-likeness (QED) is 0.860. The number of hydrogen-bond donors (Lipinski definition) is 1. The first-order chi connectivity index (χ1) is 10.2. The van der Waals surface area contributed by atoms with Gasteiger partial charge < -0.3 is 15.0 Å². The number of nitrogens with zero attached hydrogens (tertiary/aromatic N) is 3. The van der Waals surface area contributed by atoms with Gasteiger partial charge in [-0.25, -0.2) is 0 Å². The summed E-state index contributed by atoms with van der Waals surface area (Å²) in [4.78, 5) is 1.98. The zero-order valence-electron chi connectivity index (χ0n) is 12.5. The molecule has 112 valence electrons. The number of aryl methyl sites for hydroxylation is 1. The van der Waals surface area contributed by atoms with Crippen molar-refractivity contribution in [2.24, 2.45) is 0 Å². The second kappa shape index (κ2) is 7.08. The number of para-hydroxylation sites is 2. The lowest BCUT2D eigenvalue weighted by Gasteiger charge is -2.22. The average Bonchev–Trinajstić information content (AvgIpc) is 2.94. The van der Waals surface area contributed by atoms with Crippen LogP contribution in [0.15, 0.2) is 36.5 Å². The summed E-state index contributed by atoms with van der Waals surface area (Å²) >= 11 is 5.45. The van der Waals surface area contributed by atoms with E-state index in [4.69, 9.17) is 17.0 Å². The number of ether oxygens (including phenoxy) is 1. The molecule has 0 atom stereocenters. The number of anilines is 1. The van der Waals surface area contributed by atoms with Gasteiger partial charge in [-0.05, 0) is 37.3 Å². The Kier molecular flexibility index (Phi) is 5.16. The molecule has 0 amide bonds. The molecule has 0 unspecified atom stereocenters. The fourth-order valence-electron chi connectivity index (χ4n) is 2.05. The highest BCUT2D eigenvalue weighted by Crippen LogP contribution is 2.23. The molecule has 2 rings (SSSR count). The lowest BCUT2D eigenvalue weighted by atomic mass is 10.3. The van der Waals surface area contributed by atoms with Gasteiger partial charge >= 0.3 is 0 Å². The largest absolute Gasteiger partial charge is 0.495 e. The zero-order valence-corrected chi connectivity index (χ0v) is 13.4. The third-order valence-corrected chi connectivity index (χ3v) is 3.61. The molecule has 0 radical (unpaired) electrons. The average molecular weight is 304 g/mol. The Morgan fingerprint density at radius 1 is 1.38 bits per heavy atom. The van der Waals surface area contributed by atoms with Crippen molar-refractivity contribution in [2.75, 3.05) is 19.5 Å². The van der Waals surface area contributed by atoms with Crippen molar-refractivity contribution in [1.82, 2.24) is 14.7 Å². The Morgan fingerprint density at radius 2 is 2.14 bits per heavy atom. The number of aromatic nitrogens is 2. The lowest BCUT2D eigenvalue weighted by Crippen LogP contribution is -2.31. The maximum atomic E-state index is 5.45. The standard InChI is InChI=1S/C15H20N4OS/c1-4-19-12(9-10-16-19)11-18(2)15(21)17-13-7-5-6-8-14(13)20-3/h5-10H,4,11H2,1-3H3,(H,17,21). The molecule has 1 aromatic carbocycles. The third kappa shape index (κ3) is 3.72. The summed E-state index contributed by atoms with van der Waals surface area (Å²) in [5.41, 5.74) is 1.99. The summed E-state index contributed by atoms with van der Waals surface area (Å²) in [6.45, 7) is 3.62. The van der Waals surface area contributed by atoms with E-state index in [1.54, 1.807) is 7.11 Å². The van der Waals surface area contributed by atoms with Gasteiger partial charge in [-0.1, -0.05) is 12.1 Å². The summed E-state index contributed by atoms with van der Waals surface area (Å²) in [7, 11) is 3.60. The minimum atomic E-state index is 0.642. The third-order valence-electron chi connectivity index (χ3n) is 3.20. The molecule has 1 heterocycles. The second-order valence-electron chi connectivity index (χ2n) is 4.62. The van der Waals surface area contributed by atoms with Crippen LogP contribution in [0.1, 0.15) is 12.6 Å². The summed E-state index contributed by atoms with van der Waals surface area (Å²) in [6.07, 6.45) is 1.81. The van der Waals surface area contributed by atoms with Crippen LogP contribution in [-0.4, -0.2) is 34.0 Å². The van der Waals surface area contributed by atoms with Crippen LogP contribution in [-0.2, 0) is 13.1 Å². The Bertz CT molecular complexity index is 611. The van der Waals surface area contributed by atoms with Gasteiger partial charge in [0.15, 0.2) is 5.11 Å². The van der Waals surface area contributed by atoms with Gasteiger partial charge in [0.2, 0.25) is 0 Å². The zero-order chi connectivity index (χ0) is 15.2. The molecule has 0 aliphatic rings. The Hall–Kier alpha value is -2.08. The molecular formula is C15H20N4OS. The van der Waals surface area contributed by atoms with Gasteiger partial charge in [-0.2, -0.15) is 5.10 Å². The highest BCUT2D eigenvalue weighted by molar-refractivity contribution is 7.80. The van der Waals surface area contributed by atoms with Crippen molar-refractivity contribution in [2.45, 2.75) is 20.0 Å². The van der Waals surface area contributed by atoms with Crippen LogP contribution in [0.4, 0.5) is 5.69 Å². The maximum absolute atomic E-state index is 5.45. The molecule has 21 heavy (non-hydrogen) atoms. The van der Waals surface area contributed by atoms with E-state index >= 15 is 0 Å². The van der Waals surface area contributed by atoms with Gasteiger partial charge in [0.05, 0.1) is 25.0 Å². The molecule has 0 bridgehead atoms. The van der Waals surface area contributed by atoms with Gasteiger partial charge in [0.25, 0.3) is 0 Å². The summed E-state index contributed by atoms with van der Waals surface area (Å²) in [5.74, 6) is 0.770. The number of hydrogen-bond acceptors (Lipinski definition) is 3. The molecule has 5 nitrogen and oxygen atoms in total. The summed E-state index contributed by atoms with van der Waals surface area (Å²) in [5, 5.41) is 8.12. The Labute approximate surface area is 130 Å². The fourth-order valence-corrected chi connectivity index (χ4v) is 2.23. The summed E-state index contributed by atoms with van der Waals surface area (Å²) < 4.78 is 7.27. The molecule has 0 spiro atoms. The smallest absolute Gasteiger partial charge is 0.173 e. The van der Waals surface area contributed by atoms with Gasteiger partial charge in [-0.15, -0.1) is 0 Å². The first-order valence-electron chi connectivity index (χ1n) is 6.81. The first kappa shape index (κ1) is 15.3. The highest BCUT2D eigenvalue weighted by atomic mass is 32.1. The van der Waals surface area contributed by atoms with E-state index in [0.29, 0.717) is 11.7 Å². The predicted molar refractivity (Wildman–Crippen MR) is 88.6 cm³/mol. The molecule has 2 aromatic rings. The van der Waals surface area contributed by atoms with Crippen molar-refractivity contribution >= 4 is 23.0 Å². The predicted octanol–water partition coefficient (Wildman–Crippen LogP) is 2.74. The number of methoxy groups -OCH3 is 1. The van der Waals surface area contributed by atoms with E-state index in [1.807, 2.05) is 53.2 Å². The summed E-state index contributed by atoms with van der Waals surface area (Å²) in [6, 6.07) is 9.72. The van der Waals surface area contributed by atoms with Crippen molar-refractivity contribution in [1.29, 1.82) is 0 Å². The molecule has 0 aliphatic heterocycles. The van der Waals surface area contributed by atoms with E-state index in [0.717, 1.165) is 23.7 Å². The van der Waals surface area contributed by atoms with E-state index in [2.05, 4.69) is 17.3 Å². The van der Waals surface area contributed by atoms with Crippen LogP contribution < -0.4 is 10.1 Å². The molecule has 0 saturated carbocycles. The van der Waals surface area contributed by atoms with Crippen LogP contribution in [0, 0.1) is 0 Å². The highest BCUT2D eigenvalue weighted by Gasteiger charge is 2.10. The van der Waals surface area contributed by atoms with Crippen molar-refractivity contribution < 1.29 is 4.74 Å². The monoisotopic (exact) mass is 304 g/mol. The maximum Gasteiger partial charge on any atom is 0.173 e. The van der Waals surface area contributed by atoms with Gasteiger partial charge in [-0.3, -0.25) is 4.68 Å². The topological polar surface area (TPSA) is 42.3 Å². The fraction of sp³-hybridized carbons (Fsp3) is 0.333. The second-order valence-corrected chi connectivity index (χ2v) is 5.01. The van der Waals surface area contributed by atoms with Crippen LogP contribution in [0.2, 0.25) is 0 Å². The van der Waals surface area contributed by atoms with Gasteiger partial charge in [0.1, 0.15) is 5.75 Å². The lowest BCUT2D eigenvalue weighted by molar-refractivity contribution is 0.416. The Morgan fingerprint density at radius 3 is 2.86 bits per heavy atom. The van der Waals surface area contributed by atoms with E-state index in [9.17, 15) is 0 Å². The molecule has 0 fully saturated rings. The molecule has 1 aromatic heterocycles. The minimum Gasteiger partial charge on any atom is -0.495 e. The van der Waals surface area contributed by atoms with E-state index in [1.165, 1.54) is 0 Å². The van der Waals surface area contributed by atoms with Gasteiger partial charge in [0, 0.05) is 19.8 Å². The number of rotatable bonds is 5. The molecular weight excluding hydrogens is 284 g/mol. The van der Waals surface area contributed by atoms with Crippen molar-refractivity contribution in [3.05, 3.63) is 42.2 Å². The van der Waals surface area contributed by atoms with Crippen molar-refractivity contribution in [3.8, 4) is 5.75 Å². The number of nitrogens with one attached hydrogen (secondary N) is 1. The van der Waals surface area contributed by atoms with Crippen LogP contribution in [0.25, 0.3) is 0 Å². The molecule has 6 heteroatoms. The molecule has 0 aliphatic carbocycles. The SMILES string of the molecule is CCn1nccc1CN(C)C(=S)Nc1ccccc1OC. The number of benzene rings is 1. The first-order valence-corrected chi connectivity index (χ1v) is 7.22. The molecule has 1 N–H and O–H groups in total.